The van der Waals surface area contributed by atoms with Crippen molar-refractivity contribution >= 4 is 11.6 Å². The first-order valence-corrected chi connectivity index (χ1v) is 10.2. The molecule has 3 rings (SSSR count). The van der Waals surface area contributed by atoms with Gasteiger partial charge in [0.1, 0.15) is 5.82 Å². The third-order valence-corrected chi connectivity index (χ3v) is 6.65. The predicted octanol–water partition coefficient (Wildman–Crippen LogP) is 6.76. The standard InChI is InChI=1S/C22H30ClFO/c1-25-14-2-3-16-4-6-17(7-5-16)18-8-10-19(11-9-18)20-12-13-21(23)22(24)15-20/h2-3,12-13,15-19H,4-11,14H2,1H3/b3-2+/t16-,17-,18?,19?. The highest BCUT2D eigenvalue weighted by atomic mass is 35.5. The summed E-state index contributed by atoms with van der Waals surface area (Å²) in [5.74, 6) is 2.75. The van der Waals surface area contributed by atoms with Gasteiger partial charge in [0, 0.05) is 7.11 Å². The van der Waals surface area contributed by atoms with Gasteiger partial charge in [0.2, 0.25) is 0 Å². The Morgan fingerprint density at radius 3 is 2.28 bits per heavy atom. The summed E-state index contributed by atoms with van der Waals surface area (Å²) in [7, 11) is 1.75. The molecule has 3 heteroatoms. The molecule has 0 aliphatic heterocycles. The first kappa shape index (κ1) is 18.9. The van der Waals surface area contributed by atoms with Crippen molar-refractivity contribution in [3.63, 3.8) is 0 Å². The van der Waals surface area contributed by atoms with Crippen molar-refractivity contribution in [3.8, 4) is 0 Å². The van der Waals surface area contributed by atoms with Crippen LogP contribution in [0.5, 0.6) is 0 Å². The SMILES string of the molecule is COC/C=C/[C@H]1CC[C@H](C2CCC(c3ccc(Cl)c(F)c3)CC2)CC1. The van der Waals surface area contributed by atoms with Crippen molar-refractivity contribution in [3.05, 3.63) is 46.8 Å². The lowest BCUT2D eigenvalue weighted by molar-refractivity contribution is 0.171. The molecule has 2 aliphatic carbocycles. The fraction of sp³-hybridized carbons (Fsp3) is 0.636. The number of halogens is 2. The van der Waals surface area contributed by atoms with Gasteiger partial charge < -0.3 is 4.74 Å². The number of ether oxygens (including phenoxy) is 1. The Kier molecular flexibility index (Phi) is 6.95. The number of allylic oxidation sites excluding steroid dienone is 1. The van der Waals surface area contributed by atoms with Crippen LogP contribution in [0.2, 0.25) is 5.02 Å². The number of benzene rings is 1. The molecule has 0 N–H and O–H groups in total. The summed E-state index contributed by atoms with van der Waals surface area (Å²) in [4.78, 5) is 0. The first-order valence-electron chi connectivity index (χ1n) is 9.78. The van der Waals surface area contributed by atoms with Crippen LogP contribution in [0.15, 0.2) is 30.4 Å². The first-order chi connectivity index (χ1) is 12.2. The molecule has 0 unspecified atom stereocenters. The summed E-state index contributed by atoms with van der Waals surface area (Å²) < 4.78 is 18.8. The molecule has 0 heterocycles. The molecule has 0 atom stereocenters. The maximum absolute atomic E-state index is 13.7. The van der Waals surface area contributed by atoms with Gasteiger partial charge in [0.25, 0.3) is 0 Å². The molecule has 2 saturated carbocycles. The van der Waals surface area contributed by atoms with Crippen LogP contribution in [0, 0.1) is 23.6 Å². The van der Waals surface area contributed by atoms with E-state index < -0.39 is 0 Å². The molecule has 0 radical (unpaired) electrons. The topological polar surface area (TPSA) is 9.23 Å². The van der Waals surface area contributed by atoms with Gasteiger partial charge >= 0.3 is 0 Å². The minimum Gasteiger partial charge on any atom is -0.381 e. The second kappa shape index (κ2) is 9.19. The van der Waals surface area contributed by atoms with E-state index in [0.717, 1.165) is 29.9 Å². The van der Waals surface area contributed by atoms with E-state index in [9.17, 15) is 4.39 Å². The van der Waals surface area contributed by atoms with Gasteiger partial charge in [0.15, 0.2) is 0 Å². The lowest BCUT2D eigenvalue weighted by atomic mass is 9.68. The van der Waals surface area contributed by atoms with Gasteiger partial charge in [-0.15, -0.1) is 0 Å². The van der Waals surface area contributed by atoms with Gasteiger partial charge in [0.05, 0.1) is 11.6 Å². The van der Waals surface area contributed by atoms with E-state index in [1.807, 2.05) is 6.07 Å². The summed E-state index contributed by atoms with van der Waals surface area (Å²) in [6, 6.07) is 5.36. The largest absolute Gasteiger partial charge is 0.381 e. The molecule has 2 fully saturated rings. The molecule has 1 nitrogen and oxygen atoms in total. The second-order valence-electron chi connectivity index (χ2n) is 7.84. The van der Waals surface area contributed by atoms with Crippen molar-refractivity contribution in [2.75, 3.05) is 13.7 Å². The summed E-state index contributed by atoms with van der Waals surface area (Å²) in [5.41, 5.74) is 1.13. The number of methoxy groups -OCH3 is 1. The van der Waals surface area contributed by atoms with Crippen molar-refractivity contribution in [2.45, 2.75) is 57.3 Å². The molecule has 0 bridgehead atoms. The zero-order chi connectivity index (χ0) is 17.6. The smallest absolute Gasteiger partial charge is 0.142 e. The van der Waals surface area contributed by atoms with Gasteiger partial charge in [-0.3, -0.25) is 0 Å². The van der Waals surface area contributed by atoms with Crippen LogP contribution in [0.3, 0.4) is 0 Å². The van der Waals surface area contributed by atoms with Gasteiger partial charge in [-0.05, 0) is 92.7 Å². The molecular formula is C22H30ClFO. The minimum absolute atomic E-state index is 0.230. The molecule has 1 aromatic carbocycles. The second-order valence-corrected chi connectivity index (χ2v) is 8.25. The number of hydrogen-bond donors (Lipinski definition) is 0. The van der Waals surface area contributed by atoms with E-state index >= 15 is 0 Å². The van der Waals surface area contributed by atoms with Crippen LogP contribution >= 0.6 is 11.6 Å². The molecule has 1 aromatic rings. The Morgan fingerprint density at radius 2 is 1.68 bits per heavy atom. The van der Waals surface area contributed by atoms with Crippen LogP contribution in [0.25, 0.3) is 0 Å². The van der Waals surface area contributed by atoms with E-state index in [2.05, 4.69) is 12.2 Å². The van der Waals surface area contributed by atoms with E-state index in [-0.39, 0.29) is 10.8 Å². The van der Waals surface area contributed by atoms with Crippen LogP contribution in [0.1, 0.15) is 62.8 Å². The average molecular weight is 365 g/mol. The molecule has 0 amide bonds. The molecule has 138 valence electrons. The molecule has 2 aliphatic rings. The minimum atomic E-state index is -0.277. The van der Waals surface area contributed by atoms with Crippen LogP contribution in [0.4, 0.5) is 4.39 Å². The predicted molar refractivity (Wildman–Crippen MR) is 103 cm³/mol. The average Bonchev–Trinajstić information content (AvgIpc) is 2.65. The van der Waals surface area contributed by atoms with Crippen molar-refractivity contribution in [2.24, 2.45) is 17.8 Å². The summed E-state index contributed by atoms with van der Waals surface area (Å²) in [6.45, 7) is 0.731. The fourth-order valence-corrected chi connectivity index (χ4v) is 4.96. The molecule has 25 heavy (non-hydrogen) atoms. The maximum Gasteiger partial charge on any atom is 0.142 e. The van der Waals surface area contributed by atoms with E-state index in [4.69, 9.17) is 16.3 Å². The lowest BCUT2D eigenvalue weighted by Crippen LogP contribution is -2.25. The summed E-state index contributed by atoms with van der Waals surface area (Å²) in [6.07, 6.45) is 14.9. The highest BCUT2D eigenvalue weighted by molar-refractivity contribution is 6.30. The molecular weight excluding hydrogens is 335 g/mol. The number of rotatable bonds is 5. The van der Waals surface area contributed by atoms with Gasteiger partial charge in [-0.2, -0.15) is 0 Å². The Morgan fingerprint density at radius 1 is 1.04 bits per heavy atom. The van der Waals surface area contributed by atoms with Crippen molar-refractivity contribution in [1.29, 1.82) is 0 Å². The zero-order valence-corrected chi connectivity index (χ0v) is 16.0. The van der Waals surface area contributed by atoms with Gasteiger partial charge in [-0.1, -0.05) is 29.8 Å². The van der Waals surface area contributed by atoms with Crippen LogP contribution in [-0.2, 0) is 4.74 Å². The highest BCUT2D eigenvalue weighted by Gasteiger charge is 2.30. The molecule has 0 saturated heterocycles. The van der Waals surface area contributed by atoms with E-state index in [1.54, 1.807) is 19.2 Å². The summed E-state index contributed by atoms with van der Waals surface area (Å²) >= 11 is 5.81. The third kappa shape index (κ3) is 5.08. The molecule has 0 aromatic heterocycles. The molecule has 0 spiro atoms. The van der Waals surface area contributed by atoms with Crippen molar-refractivity contribution < 1.29 is 9.13 Å². The fourth-order valence-electron chi connectivity index (χ4n) is 4.84. The monoisotopic (exact) mass is 364 g/mol. The lowest BCUT2D eigenvalue weighted by Gasteiger charge is -2.37. The van der Waals surface area contributed by atoms with Crippen molar-refractivity contribution in [1.82, 2.24) is 0 Å². The van der Waals surface area contributed by atoms with E-state index in [0.29, 0.717) is 5.92 Å². The summed E-state index contributed by atoms with van der Waals surface area (Å²) in [5, 5.41) is 0.230. The zero-order valence-electron chi connectivity index (χ0n) is 15.2. The third-order valence-electron chi connectivity index (χ3n) is 6.34. The Labute approximate surface area is 156 Å². The highest BCUT2D eigenvalue weighted by Crippen LogP contribution is 2.44. The Balaban J connectivity index is 1.46. The maximum atomic E-state index is 13.7. The van der Waals surface area contributed by atoms with Crippen LogP contribution in [-0.4, -0.2) is 13.7 Å². The Bertz CT molecular complexity index is 569. The Hall–Kier alpha value is -0.860. The van der Waals surface area contributed by atoms with Gasteiger partial charge in [-0.25, -0.2) is 4.39 Å². The quantitative estimate of drug-likeness (QED) is 0.524. The number of hydrogen-bond acceptors (Lipinski definition) is 1. The normalized spacial score (nSPS) is 30.7. The van der Waals surface area contributed by atoms with E-state index in [1.165, 1.54) is 51.4 Å². The van der Waals surface area contributed by atoms with Crippen LogP contribution < -0.4 is 0 Å².